The van der Waals surface area contributed by atoms with E-state index in [4.69, 9.17) is 9.47 Å². The lowest BCUT2D eigenvalue weighted by molar-refractivity contribution is -0.148. The number of H-pyrrole nitrogens is 1. The molecular formula is C35H41F3N8O4. The molecule has 12 nitrogen and oxygen atoms in total. The summed E-state index contributed by atoms with van der Waals surface area (Å²) in [6, 6.07) is 4.54. The number of amides is 1. The van der Waals surface area contributed by atoms with Gasteiger partial charge in [0.2, 0.25) is 5.95 Å². The van der Waals surface area contributed by atoms with E-state index in [1.54, 1.807) is 30.8 Å². The second kappa shape index (κ2) is 13.3. The standard InChI is InChI=1S/C35H41F3N8O4/c1-4-50-32(48)21-9-12-46-23(13-21)15-26(44-46)31(47)43-33-41-29-27(45(2)18-34(19-49-3)10-5-6-11-34)16-25(40-30(29)42-33)22-14-24(35(36,37)38)28(39-17-22)20-7-8-20/h14-17,20-21H,4-13,18-19H2,1-3H3,(H2,40,41,42,43,47). The summed E-state index contributed by atoms with van der Waals surface area (Å²) in [7, 11) is 3.63. The molecule has 1 amide bonds. The fraction of sp³-hybridized carbons (Fsp3) is 0.543. The lowest BCUT2D eigenvalue weighted by Gasteiger charge is -2.34. The molecule has 1 atom stereocenters. The largest absolute Gasteiger partial charge is 0.466 e. The molecule has 0 bridgehead atoms. The molecule has 0 saturated heterocycles. The monoisotopic (exact) mass is 694 g/mol. The van der Waals surface area contributed by atoms with Gasteiger partial charge >= 0.3 is 12.1 Å². The van der Waals surface area contributed by atoms with Crippen LogP contribution < -0.4 is 10.2 Å². The molecule has 0 spiro atoms. The van der Waals surface area contributed by atoms with Gasteiger partial charge in [-0.2, -0.15) is 23.3 Å². The minimum atomic E-state index is -4.56. The van der Waals surface area contributed by atoms with Gasteiger partial charge in [0.05, 0.1) is 41.8 Å². The van der Waals surface area contributed by atoms with Gasteiger partial charge in [0, 0.05) is 62.5 Å². The Kier molecular flexibility index (Phi) is 9.03. The SMILES string of the molecule is CCOC(=O)C1CCn2nc(C(=O)Nc3nc4nc(-c5cnc(C6CC6)c(C(F)(F)F)c5)cc(N(C)CC5(COC)CCCC5)c4[nH]3)cc2C1. The summed E-state index contributed by atoms with van der Waals surface area (Å²) in [5, 5.41) is 7.23. The first-order valence-electron chi connectivity index (χ1n) is 17.2. The number of aromatic amines is 1. The molecule has 3 aliphatic rings. The highest BCUT2D eigenvalue weighted by molar-refractivity contribution is 6.03. The number of halogens is 3. The maximum absolute atomic E-state index is 14.2. The molecule has 15 heteroatoms. The van der Waals surface area contributed by atoms with Crippen molar-refractivity contribution in [1.29, 1.82) is 0 Å². The number of aryl methyl sites for hydroxylation is 1. The van der Waals surface area contributed by atoms with Crippen LogP contribution in [0.4, 0.5) is 24.8 Å². The van der Waals surface area contributed by atoms with Gasteiger partial charge < -0.3 is 19.4 Å². The first kappa shape index (κ1) is 33.9. The van der Waals surface area contributed by atoms with E-state index in [0.29, 0.717) is 63.2 Å². The highest BCUT2D eigenvalue weighted by Crippen LogP contribution is 2.46. The van der Waals surface area contributed by atoms with E-state index in [0.717, 1.165) is 37.4 Å². The molecule has 4 aromatic heterocycles. The van der Waals surface area contributed by atoms with Gasteiger partial charge in [0.15, 0.2) is 11.3 Å². The number of imidazole rings is 1. The van der Waals surface area contributed by atoms with Crippen molar-refractivity contribution in [2.45, 2.75) is 76.9 Å². The Morgan fingerprint density at radius 2 is 1.92 bits per heavy atom. The Morgan fingerprint density at radius 1 is 1.14 bits per heavy atom. The van der Waals surface area contributed by atoms with Crippen LogP contribution in [0.1, 0.15) is 85.2 Å². The highest BCUT2D eigenvalue weighted by Gasteiger charge is 2.40. The summed E-state index contributed by atoms with van der Waals surface area (Å²) in [6.07, 6.45) is 3.43. The van der Waals surface area contributed by atoms with Crippen LogP contribution in [0.25, 0.3) is 22.4 Å². The van der Waals surface area contributed by atoms with E-state index in [-0.39, 0.29) is 57.5 Å². The fourth-order valence-electron chi connectivity index (χ4n) is 7.56. The van der Waals surface area contributed by atoms with Gasteiger partial charge in [-0.3, -0.25) is 24.6 Å². The topological polar surface area (TPSA) is 140 Å². The molecule has 5 heterocycles. The molecular weight excluding hydrogens is 653 g/mol. The smallest absolute Gasteiger partial charge is 0.418 e. The number of hydrogen-bond donors (Lipinski definition) is 2. The summed E-state index contributed by atoms with van der Waals surface area (Å²) in [5.41, 5.74) is 2.11. The number of methoxy groups -OCH3 is 1. The van der Waals surface area contributed by atoms with E-state index in [1.165, 1.54) is 6.20 Å². The minimum absolute atomic E-state index is 0.0737. The quantitative estimate of drug-likeness (QED) is 0.177. The molecule has 1 aliphatic heterocycles. The first-order chi connectivity index (χ1) is 24.0. The van der Waals surface area contributed by atoms with Crippen LogP contribution in [0.3, 0.4) is 0 Å². The van der Waals surface area contributed by atoms with Crippen molar-refractivity contribution in [3.63, 3.8) is 0 Å². The number of hydrogen-bond acceptors (Lipinski definition) is 9. The average molecular weight is 695 g/mol. The van der Waals surface area contributed by atoms with Gasteiger partial charge in [-0.25, -0.2) is 4.98 Å². The van der Waals surface area contributed by atoms with E-state index in [9.17, 15) is 22.8 Å². The summed E-state index contributed by atoms with van der Waals surface area (Å²) in [4.78, 5) is 44.5. The second-order valence-electron chi connectivity index (χ2n) is 13.9. The summed E-state index contributed by atoms with van der Waals surface area (Å²) in [5.74, 6) is -1.12. The zero-order valence-electron chi connectivity index (χ0n) is 28.4. The van der Waals surface area contributed by atoms with Crippen molar-refractivity contribution in [3.05, 3.63) is 47.0 Å². The zero-order chi connectivity index (χ0) is 35.2. The minimum Gasteiger partial charge on any atom is -0.466 e. The van der Waals surface area contributed by atoms with Crippen molar-refractivity contribution in [2.75, 3.05) is 44.1 Å². The van der Waals surface area contributed by atoms with Crippen LogP contribution in [0.15, 0.2) is 24.4 Å². The number of carbonyl (C=O) groups is 2. The number of nitrogens with one attached hydrogen (secondary N) is 2. The third-order valence-electron chi connectivity index (χ3n) is 10.1. The summed E-state index contributed by atoms with van der Waals surface area (Å²) < 4.78 is 55.1. The average Bonchev–Trinajstić information content (AvgIpc) is 3.46. The number of carbonyl (C=O) groups excluding carboxylic acids is 2. The number of alkyl halides is 3. The third-order valence-corrected chi connectivity index (χ3v) is 10.1. The lowest BCUT2D eigenvalue weighted by atomic mass is 9.86. The number of rotatable bonds is 11. The number of ether oxygens (including phenoxy) is 2. The molecule has 4 aromatic rings. The highest BCUT2D eigenvalue weighted by atomic mass is 19.4. The molecule has 2 saturated carbocycles. The normalized spacial score (nSPS) is 18.6. The molecule has 0 radical (unpaired) electrons. The van der Waals surface area contributed by atoms with Crippen LogP contribution in [0.5, 0.6) is 0 Å². The molecule has 7 rings (SSSR count). The fourth-order valence-corrected chi connectivity index (χ4v) is 7.56. The lowest BCUT2D eigenvalue weighted by Crippen LogP contribution is -2.37. The predicted molar refractivity (Wildman–Crippen MR) is 179 cm³/mol. The van der Waals surface area contributed by atoms with E-state index in [2.05, 4.69) is 35.3 Å². The Bertz CT molecular complexity index is 1910. The van der Waals surface area contributed by atoms with Crippen LogP contribution in [-0.2, 0) is 33.4 Å². The first-order valence-corrected chi connectivity index (χ1v) is 17.2. The molecule has 2 N–H and O–H groups in total. The van der Waals surface area contributed by atoms with Crippen LogP contribution >= 0.6 is 0 Å². The van der Waals surface area contributed by atoms with Gasteiger partial charge in [0.25, 0.3) is 5.91 Å². The van der Waals surface area contributed by atoms with E-state index in [1.807, 2.05) is 7.05 Å². The Morgan fingerprint density at radius 3 is 2.62 bits per heavy atom. The second-order valence-corrected chi connectivity index (χ2v) is 13.9. The summed E-state index contributed by atoms with van der Waals surface area (Å²) >= 11 is 0. The molecule has 266 valence electrons. The van der Waals surface area contributed by atoms with Gasteiger partial charge in [0.1, 0.15) is 5.52 Å². The molecule has 2 fully saturated rings. The zero-order valence-corrected chi connectivity index (χ0v) is 28.4. The number of anilines is 2. The van der Waals surface area contributed by atoms with Crippen LogP contribution in [0, 0.1) is 11.3 Å². The maximum atomic E-state index is 14.2. The van der Waals surface area contributed by atoms with Crippen molar-refractivity contribution in [1.82, 2.24) is 29.7 Å². The van der Waals surface area contributed by atoms with Gasteiger partial charge in [-0.15, -0.1) is 0 Å². The number of aromatic nitrogens is 6. The van der Waals surface area contributed by atoms with E-state index < -0.39 is 17.6 Å². The number of fused-ring (bicyclic) bond motifs is 2. The number of esters is 1. The molecule has 2 aliphatic carbocycles. The van der Waals surface area contributed by atoms with Crippen molar-refractivity contribution >= 4 is 34.7 Å². The maximum Gasteiger partial charge on any atom is 0.418 e. The van der Waals surface area contributed by atoms with Crippen molar-refractivity contribution in [3.8, 4) is 11.3 Å². The van der Waals surface area contributed by atoms with Crippen molar-refractivity contribution in [2.24, 2.45) is 11.3 Å². The summed E-state index contributed by atoms with van der Waals surface area (Å²) in [6.45, 7) is 3.78. The van der Waals surface area contributed by atoms with Crippen LogP contribution in [-0.4, -0.2) is 75.5 Å². The van der Waals surface area contributed by atoms with Gasteiger partial charge in [-0.05, 0) is 57.2 Å². The molecule has 0 aromatic carbocycles. The van der Waals surface area contributed by atoms with Crippen molar-refractivity contribution < 1.29 is 32.2 Å². The Labute approximate surface area is 287 Å². The molecule has 50 heavy (non-hydrogen) atoms. The Hall–Kier alpha value is -4.53. The number of pyridine rings is 2. The van der Waals surface area contributed by atoms with E-state index >= 15 is 0 Å². The van der Waals surface area contributed by atoms with Gasteiger partial charge in [-0.1, -0.05) is 12.8 Å². The Balaban J connectivity index is 1.22. The number of nitrogens with zero attached hydrogens (tertiary/aromatic N) is 6. The van der Waals surface area contributed by atoms with Crippen LogP contribution in [0.2, 0.25) is 0 Å². The third kappa shape index (κ3) is 6.79. The molecule has 1 unspecified atom stereocenters. The predicted octanol–water partition coefficient (Wildman–Crippen LogP) is 6.13.